The van der Waals surface area contributed by atoms with Gasteiger partial charge in [0.2, 0.25) is 0 Å². The number of furan rings is 1. The summed E-state index contributed by atoms with van der Waals surface area (Å²) in [5, 5.41) is 6.03. The first-order valence-electron chi connectivity index (χ1n) is 10.8. The van der Waals surface area contributed by atoms with Gasteiger partial charge < -0.3 is 4.42 Å². The molecule has 152 valence electrons. The second-order valence-electron chi connectivity index (χ2n) is 8.45. The quantitative estimate of drug-likeness (QED) is 0.366. The van der Waals surface area contributed by atoms with E-state index in [9.17, 15) is 0 Å². The maximum atomic E-state index is 6.30. The summed E-state index contributed by atoms with van der Waals surface area (Å²) in [4.78, 5) is 4.99. The third-order valence-electron chi connectivity index (χ3n) is 6.12. The van der Waals surface area contributed by atoms with Gasteiger partial charge in [-0.25, -0.2) is 9.50 Å². The van der Waals surface area contributed by atoms with Crippen LogP contribution < -0.4 is 0 Å². The summed E-state index contributed by atoms with van der Waals surface area (Å²) in [6.45, 7) is 15.1. The van der Waals surface area contributed by atoms with Crippen molar-refractivity contribution >= 4 is 16.6 Å². The highest BCUT2D eigenvalue weighted by Gasteiger charge is 2.24. The second kappa shape index (κ2) is 7.33. The molecular weight excluding hydrogens is 358 g/mol. The molecule has 0 amide bonds. The van der Waals surface area contributed by atoms with Gasteiger partial charge in [0.25, 0.3) is 0 Å². The molecule has 0 fully saturated rings. The van der Waals surface area contributed by atoms with Crippen LogP contribution in [0.3, 0.4) is 0 Å². The lowest BCUT2D eigenvalue weighted by molar-refractivity contribution is 0.573. The highest BCUT2D eigenvalue weighted by atomic mass is 16.3. The van der Waals surface area contributed by atoms with E-state index >= 15 is 0 Å². The predicted molar refractivity (Wildman–Crippen MR) is 120 cm³/mol. The number of fused-ring (bicyclic) bond motifs is 2. The van der Waals surface area contributed by atoms with Crippen LogP contribution in [0.2, 0.25) is 0 Å². The van der Waals surface area contributed by atoms with Crippen molar-refractivity contribution in [3.63, 3.8) is 0 Å². The lowest BCUT2D eigenvalue weighted by Crippen LogP contribution is -2.05. The highest BCUT2D eigenvalue weighted by Crippen LogP contribution is 2.40. The van der Waals surface area contributed by atoms with Gasteiger partial charge in [0.05, 0.1) is 22.6 Å². The van der Waals surface area contributed by atoms with Gasteiger partial charge in [-0.2, -0.15) is 5.10 Å². The van der Waals surface area contributed by atoms with Crippen molar-refractivity contribution in [2.45, 2.75) is 73.1 Å². The third kappa shape index (κ3) is 3.06. The molecule has 0 bridgehead atoms. The van der Waals surface area contributed by atoms with Gasteiger partial charge in [-0.15, -0.1) is 0 Å². The van der Waals surface area contributed by atoms with Crippen LogP contribution in [0.15, 0.2) is 28.7 Å². The molecule has 4 aromatic rings. The standard InChI is InChI=1S/C25H31N3O/c1-8-18(9-2)21-13-15(5)27-28-23(16(6)26-25(21)28)22-17(7)29-24-19(14(3)4)11-10-12-20(22)24/h10-14,18H,8-9H2,1-7H3. The largest absolute Gasteiger partial charge is 0.460 e. The number of para-hydroxylation sites is 1. The Morgan fingerprint density at radius 3 is 2.41 bits per heavy atom. The zero-order chi connectivity index (χ0) is 20.9. The van der Waals surface area contributed by atoms with Crippen LogP contribution in [0.4, 0.5) is 0 Å². The average molecular weight is 390 g/mol. The molecule has 0 spiro atoms. The molecule has 29 heavy (non-hydrogen) atoms. The first-order valence-corrected chi connectivity index (χ1v) is 10.8. The fourth-order valence-electron chi connectivity index (χ4n) is 4.60. The minimum atomic E-state index is 0.405. The molecule has 4 nitrogen and oxygen atoms in total. The molecular formula is C25H31N3O. The maximum absolute atomic E-state index is 6.30. The van der Waals surface area contributed by atoms with Gasteiger partial charge in [-0.3, -0.25) is 0 Å². The molecule has 0 saturated heterocycles. The van der Waals surface area contributed by atoms with Crippen LogP contribution in [0, 0.1) is 20.8 Å². The molecule has 1 aromatic carbocycles. The molecule has 4 heteroatoms. The van der Waals surface area contributed by atoms with Crippen LogP contribution in [-0.2, 0) is 0 Å². The van der Waals surface area contributed by atoms with Crippen LogP contribution >= 0.6 is 0 Å². The molecule has 0 unspecified atom stereocenters. The average Bonchev–Trinajstić information content (AvgIpc) is 3.17. The SMILES string of the molecule is CCC(CC)c1cc(C)nn2c(-c3c(C)oc4c(C(C)C)cccc34)c(C)nc12. The molecule has 3 aromatic heterocycles. The molecule has 0 radical (unpaired) electrons. The summed E-state index contributed by atoms with van der Waals surface area (Å²) in [6.07, 6.45) is 2.20. The molecule has 0 N–H and O–H groups in total. The fraction of sp³-hybridized carbons (Fsp3) is 0.440. The number of aromatic nitrogens is 3. The van der Waals surface area contributed by atoms with Crippen LogP contribution in [0.25, 0.3) is 27.9 Å². The first kappa shape index (κ1) is 19.7. The number of benzene rings is 1. The summed E-state index contributed by atoms with van der Waals surface area (Å²) in [6, 6.07) is 8.65. The molecule has 0 aliphatic carbocycles. The number of nitrogens with zero attached hydrogens (tertiary/aromatic N) is 3. The molecule has 0 saturated carbocycles. The van der Waals surface area contributed by atoms with E-state index in [1.807, 2.05) is 0 Å². The van der Waals surface area contributed by atoms with Crippen LogP contribution in [-0.4, -0.2) is 14.6 Å². The van der Waals surface area contributed by atoms with Crippen LogP contribution in [0.5, 0.6) is 0 Å². The summed E-state index contributed by atoms with van der Waals surface area (Å²) in [5.41, 5.74) is 8.68. The van der Waals surface area contributed by atoms with Gasteiger partial charge in [0.1, 0.15) is 11.3 Å². The summed E-state index contributed by atoms with van der Waals surface area (Å²) in [7, 11) is 0. The monoisotopic (exact) mass is 389 g/mol. The van der Waals surface area contributed by atoms with E-state index < -0.39 is 0 Å². The second-order valence-corrected chi connectivity index (χ2v) is 8.45. The number of imidazole rings is 1. The van der Waals surface area contributed by atoms with Gasteiger partial charge >= 0.3 is 0 Å². The maximum Gasteiger partial charge on any atom is 0.157 e. The smallest absolute Gasteiger partial charge is 0.157 e. The van der Waals surface area contributed by atoms with Crippen LogP contribution in [0.1, 0.15) is 80.6 Å². The van der Waals surface area contributed by atoms with E-state index in [1.165, 1.54) is 11.1 Å². The number of hydrogen-bond acceptors (Lipinski definition) is 3. The van der Waals surface area contributed by atoms with E-state index in [4.69, 9.17) is 14.5 Å². The molecule has 0 atom stereocenters. The zero-order valence-corrected chi connectivity index (χ0v) is 18.6. The molecule has 0 aliphatic heterocycles. The minimum absolute atomic E-state index is 0.405. The number of aryl methyl sites for hydroxylation is 3. The van der Waals surface area contributed by atoms with E-state index in [0.29, 0.717) is 11.8 Å². The van der Waals surface area contributed by atoms with Gasteiger partial charge in [0, 0.05) is 10.9 Å². The zero-order valence-electron chi connectivity index (χ0n) is 18.6. The van der Waals surface area contributed by atoms with Crippen molar-refractivity contribution in [1.82, 2.24) is 14.6 Å². The van der Waals surface area contributed by atoms with E-state index in [1.54, 1.807) is 0 Å². The van der Waals surface area contributed by atoms with E-state index in [0.717, 1.165) is 57.9 Å². The van der Waals surface area contributed by atoms with Gasteiger partial charge in [-0.1, -0.05) is 45.9 Å². The van der Waals surface area contributed by atoms with Crippen molar-refractivity contribution < 1.29 is 4.42 Å². The lowest BCUT2D eigenvalue weighted by atomic mass is 9.95. The number of hydrogen-bond donors (Lipinski definition) is 0. The highest BCUT2D eigenvalue weighted by molar-refractivity contribution is 5.97. The summed E-state index contributed by atoms with van der Waals surface area (Å²) < 4.78 is 8.35. The van der Waals surface area contributed by atoms with Crippen molar-refractivity contribution in [1.29, 1.82) is 0 Å². The van der Waals surface area contributed by atoms with E-state index in [-0.39, 0.29) is 0 Å². The molecule has 3 heterocycles. The molecule has 4 rings (SSSR count). The normalized spacial score (nSPS) is 12.2. The Labute approximate surface area is 173 Å². The van der Waals surface area contributed by atoms with Crippen molar-refractivity contribution in [3.05, 3.63) is 52.5 Å². The van der Waals surface area contributed by atoms with Gasteiger partial charge in [0.15, 0.2) is 5.65 Å². The molecule has 0 aliphatic rings. The first-order chi connectivity index (χ1) is 13.9. The Balaban J connectivity index is 2.07. The Morgan fingerprint density at radius 1 is 1.03 bits per heavy atom. The lowest BCUT2D eigenvalue weighted by Gasteiger charge is -2.14. The Hall–Kier alpha value is -2.62. The summed E-state index contributed by atoms with van der Waals surface area (Å²) in [5.74, 6) is 1.82. The fourth-order valence-corrected chi connectivity index (χ4v) is 4.60. The van der Waals surface area contributed by atoms with Gasteiger partial charge in [-0.05, 0) is 57.1 Å². The van der Waals surface area contributed by atoms with Crippen molar-refractivity contribution in [2.24, 2.45) is 0 Å². The summed E-state index contributed by atoms with van der Waals surface area (Å²) >= 11 is 0. The van der Waals surface area contributed by atoms with E-state index in [2.05, 4.69) is 77.2 Å². The van der Waals surface area contributed by atoms with Crippen molar-refractivity contribution in [3.8, 4) is 11.3 Å². The number of rotatable bonds is 5. The predicted octanol–water partition coefficient (Wildman–Crippen LogP) is 7.09. The topological polar surface area (TPSA) is 43.3 Å². The third-order valence-corrected chi connectivity index (χ3v) is 6.12. The van der Waals surface area contributed by atoms with Crippen molar-refractivity contribution in [2.75, 3.05) is 0 Å². The minimum Gasteiger partial charge on any atom is -0.460 e. The Kier molecular flexibility index (Phi) is 4.97. The Bertz CT molecular complexity index is 1190. The Morgan fingerprint density at radius 2 is 1.76 bits per heavy atom.